The van der Waals surface area contributed by atoms with Crippen molar-refractivity contribution < 1.29 is 9.53 Å². The van der Waals surface area contributed by atoms with Crippen LogP contribution in [0.1, 0.15) is 12.5 Å². The Labute approximate surface area is 87.2 Å². The number of nitrogens with zero attached hydrogens (tertiary/aromatic N) is 3. The van der Waals surface area contributed by atoms with E-state index in [9.17, 15) is 4.79 Å². The molecule has 0 fully saturated rings. The van der Waals surface area contributed by atoms with Crippen LogP contribution in [0, 0.1) is 11.3 Å². The van der Waals surface area contributed by atoms with Crippen LogP contribution in [0.3, 0.4) is 0 Å². The quantitative estimate of drug-likeness (QED) is 0.708. The van der Waals surface area contributed by atoms with Crippen molar-refractivity contribution in [2.24, 2.45) is 0 Å². The minimum atomic E-state index is -0.393. The Morgan fingerprint density at radius 1 is 1.80 bits per heavy atom. The van der Waals surface area contributed by atoms with E-state index in [0.717, 1.165) is 0 Å². The first kappa shape index (κ1) is 11.0. The van der Waals surface area contributed by atoms with Crippen LogP contribution in [0.15, 0.2) is 6.20 Å². The monoisotopic (exact) mass is 208 g/mol. The molecule has 0 aromatic carbocycles. The minimum Gasteiger partial charge on any atom is -0.465 e. The average molecular weight is 208 g/mol. The molecule has 1 heterocycles. The maximum atomic E-state index is 11.1. The predicted molar refractivity (Wildman–Crippen MR) is 52.6 cm³/mol. The molecule has 1 rings (SSSR count). The molecule has 1 aromatic rings. The topological polar surface area (TPSA) is 93.9 Å². The van der Waals surface area contributed by atoms with Crippen LogP contribution in [0.4, 0.5) is 5.82 Å². The molecule has 0 aliphatic carbocycles. The van der Waals surface area contributed by atoms with Gasteiger partial charge in [-0.25, -0.2) is 4.68 Å². The third-order valence-electron chi connectivity index (χ3n) is 1.81. The molecule has 2 N–H and O–H groups in total. The van der Waals surface area contributed by atoms with Crippen LogP contribution >= 0.6 is 0 Å². The van der Waals surface area contributed by atoms with E-state index in [0.29, 0.717) is 18.0 Å². The Hall–Kier alpha value is -2.03. The Kier molecular flexibility index (Phi) is 3.68. The van der Waals surface area contributed by atoms with E-state index in [1.54, 1.807) is 6.92 Å². The van der Waals surface area contributed by atoms with Gasteiger partial charge in [0, 0.05) is 5.56 Å². The number of nitriles is 1. The van der Waals surface area contributed by atoms with Crippen LogP contribution in [-0.4, -0.2) is 22.4 Å². The maximum Gasteiger partial charge on any atom is 0.327 e. The summed E-state index contributed by atoms with van der Waals surface area (Å²) in [6, 6.07) is 1.97. The van der Waals surface area contributed by atoms with E-state index < -0.39 is 5.97 Å². The largest absolute Gasteiger partial charge is 0.465 e. The van der Waals surface area contributed by atoms with Crippen LogP contribution in [0.2, 0.25) is 0 Å². The number of aromatic nitrogens is 2. The zero-order valence-electron chi connectivity index (χ0n) is 8.43. The lowest BCUT2D eigenvalue weighted by molar-refractivity contribution is -0.143. The first-order valence-corrected chi connectivity index (χ1v) is 4.51. The number of rotatable bonds is 4. The number of nitrogens with two attached hydrogens (primary N) is 1. The first-order chi connectivity index (χ1) is 7.19. The van der Waals surface area contributed by atoms with Crippen LogP contribution in [-0.2, 0) is 22.5 Å². The lowest BCUT2D eigenvalue weighted by atomic mass is 10.2. The standard InChI is InChI=1S/C9H12N4O2/c1-2-15-8(14)6-13-9(11)7(3-4-10)5-12-13/h5H,2-3,6,11H2,1H3. The highest BCUT2D eigenvalue weighted by Gasteiger charge is 2.10. The van der Waals surface area contributed by atoms with Gasteiger partial charge < -0.3 is 10.5 Å². The first-order valence-electron chi connectivity index (χ1n) is 4.51. The number of anilines is 1. The number of hydrogen-bond acceptors (Lipinski definition) is 5. The molecule has 6 nitrogen and oxygen atoms in total. The fourth-order valence-electron chi connectivity index (χ4n) is 1.11. The lowest BCUT2D eigenvalue weighted by Gasteiger charge is -2.03. The van der Waals surface area contributed by atoms with Gasteiger partial charge in [0.15, 0.2) is 0 Å². The van der Waals surface area contributed by atoms with E-state index >= 15 is 0 Å². The van der Waals surface area contributed by atoms with Gasteiger partial charge >= 0.3 is 5.97 Å². The van der Waals surface area contributed by atoms with Gasteiger partial charge in [-0.3, -0.25) is 4.79 Å². The van der Waals surface area contributed by atoms with Gasteiger partial charge in [0.1, 0.15) is 12.4 Å². The molecule has 0 aliphatic rings. The van der Waals surface area contributed by atoms with E-state index in [1.165, 1.54) is 10.9 Å². The van der Waals surface area contributed by atoms with Crippen LogP contribution < -0.4 is 5.73 Å². The summed E-state index contributed by atoms with van der Waals surface area (Å²) < 4.78 is 6.07. The molecular weight excluding hydrogens is 196 g/mol. The van der Waals surface area contributed by atoms with Crippen molar-refractivity contribution in [3.05, 3.63) is 11.8 Å². The SMILES string of the molecule is CCOC(=O)Cn1ncc(CC#N)c1N. The summed E-state index contributed by atoms with van der Waals surface area (Å²) >= 11 is 0. The van der Waals surface area contributed by atoms with E-state index in [2.05, 4.69) is 5.10 Å². The number of esters is 1. The fourth-order valence-corrected chi connectivity index (χ4v) is 1.11. The second kappa shape index (κ2) is 5.00. The predicted octanol–water partition coefficient (Wildman–Crippen LogP) is 0.0945. The summed E-state index contributed by atoms with van der Waals surface area (Å²) in [5.74, 6) is -0.0552. The second-order valence-corrected chi connectivity index (χ2v) is 2.85. The zero-order chi connectivity index (χ0) is 11.3. The highest BCUT2D eigenvalue weighted by molar-refractivity contribution is 5.69. The van der Waals surface area contributed by atoms with E-state index in [1.807, 2.05) is 6.07 Å². The molecule has 80 valence electrons. The highest BCUT2D eigenvalue weighted by Crippen LogP contribution is 2.10. The molecule has 0 bridgehead atoms. The van der Waals surface area contributed by atoms with Crippen LogP contribution in [0.25, 0.3) is 0 Å². The summed E-state index contributed by atoms with van der Waals surface area (Å²) in [7, 11) is 0. The fraction of sp³-hybridized carbons (Fsp3) is 0.444. The summed E-state index contributed by atoms with van der Waals surface area (Å²) in [5.41, 5.74) is 6.30. The Bertz CT molecular complexity index is 391. The average Bonchev–Trinajstić information content (AvgIpc) is 2.51. The van der Waals surface area contributed by atoms with Gasteiger partial charge in [-0.2, -0.15) is 10.4 Å². The molecule has 0 saturated carbocycles. The summed E-state index contributed by atoms with van der Waals surface area (Å²) in [4.78, 5) is 11.1. The summed E-state index contributed by atoms with van der Waals surface area (Å²) in [5, 5.41) is 12.4. The number of carbonyl (C=O) groups is 1. The van der Waals surface area contributed by atoms with Gasteiger partial charge in [0.25, 0.3) is 0 Å². The Balaban J connectivity index is 2.71. The molecule has 0 amide bonds. The van der Waals surface area contributed by atoms with Crippen molar-refractivity contribution in [1.82, 2.24) is 9.78 Å². The highest BCUT2D eigenvalue weighted by atomic mass is 16.5. The van der Waals surface area contributed by atoms with Gasteiger partial charge in [0.2, 0.25) is 0 Å². The van der Waals surface area contributed by atoms with Gasteiger partial charge in [-0.1, -0.05) is 0 Å². The normalized spacial score (nSPS) is 9.60. The number of nitrogen functional groups attached to an aromatic ring is 1. The van der Waals surface area contributed by atoms with Crippen molar-refractivity contribution in [3.63, 3.8) is 0 Å². The molecule has 0 spiro atoms. The van der Waals surface area contributed by atoms with Gasteiger partial charge in [-0.05, 0) is 6.92 Å². The molecule has 15 heavy (non-hydrogen) atoms. The van der Waals surface area contributed by atoms with Crippen molar-refractivity contribution in [2.75, 3.05) is 12.3 Å². The smallest absolute Gasteiger partial charge is 0.327 e. The number of hydrogen-bond donors (Lipinski definition) is 1. The van der Waals surface area contributed by atoms with Gasteiger partial charge in [0.05, 0.1) is 25.3 Å². The second-order valence-electron chi connectivity index (χ2n) is 2.85. The van der Waals surface area contributed by atoms with Crippen molar-refractivity contribution in [3.8, 4) is 6.07 Å². The number of ether oxygens (including phenoxy) is 1. The van der Waals surface area contributed by atoms with E-state index in [4.69, 9.17) is 15.7 Å². The molecule has 0 radical (unpaired) electrons. The molecule has 0 unspecified atom stereocenters. The summed E-state index contributed by atoms with van der Waals surface area (Å²) in [6.07, 6.45) is 1.67. The van der Waals surface area contributed by atoms with Crippen LogP contribution in [0.5, 0.6) is 0 Å². The van der Waals surface area contributed by atoms with E-state index in [-0.39, 0.29) is 13.0 Å². The van der Waals surface area contributed by atoms with Crippen molar-refractivity contribution in [1.29, 1.82) is 5.26 Å². The minimum absolute atomic E-state index is 0.0227. The third kappa shape index (κ3) is 2.71. The molecule has 0 saturated heterocycles. The molecule has 6 heteroatoms. The van der Waals surface area contributed by atoms with Crippen molar-refractivity contribution >= 4 is 11.8 Å². The molecule has 1 aromatic heterocycles. The third-order valence-corrected chi connectivity index (χ3v) is 1.81. The van der Waals surface area contributed by atoms with Crippen molar-refractivity contribution in [2.45, 2.75) is 19.9 Å². The molecule has 0 atom stereocenters. The molecule has 0 aliphatic heterocycles. The zero-order valence-corrected chi connectivity index (χ0v) is 8.43. The Morgan fingerprint density at radius 3 is 3.13 bits per heavy atom. The number of carbonyl (C=O) groups excluding carboxylic acids is 1. The van der Waals surface area contributed by atoms with Gasteiger partial charge in [-0.15, -0.1) is 0 Å². The maximum absolute atomic E-state index is 11.1. The Morgan fingerprint density at radius 2 is 2.53 bits per heavy atom. The lowest BCUT2D eigenvalue weighted by Crippen LogP contribution is -2.16. The summed E-state index contributed by atoms with van der Waals surface area (Å²) in [6.45, 7) is 2.03. The molecular formula is C9H12N4O2.